The molecule has 0 saturated carbocycles. The minimum Gasteiger partial charge on any atom is -0.479 e. The minimum absolute atomic E-state index is 0.653. The Morgan fingerprint density at radius 2 is 1.06 bits per heavy atom. The lowest BCUT2D eigenvalue weighted by molar-refractivity contribution is -0.243. The number of ketones is 1. The fraction of sp³-hybridized carbons (Fsp3) is 0.864. The molecule has 0 aliphatic rings. The van der Waals surface area contributed by atoms with E-state index in [9.17, 15) is 24.6 Å². The average Bonchev–Trinajstić information content (AvgIpc) is 2.51. The topological polar surface area (TPSA) is 151 Å². The van der Waals surface area contributed by atoms with Crippen LogP contribution in [0.5, 0.6) is 0 Å². The number of rotatable bonds is 9. The van der Waals surface area contributed by atoms with Crippen molar-refractivity contribution in [2.45, 2.75) is 99.9 Å². The summed E-state index contributed by atoms with van der Waals surface area (Å²) in [5.74, 6) is -2.83. The number of carboxylic acid groups (broad SMARTS) is 1. The monoisotopic (exact) mass is 450 g/mol. The van der Waals surface area contributed by atoms with E-state index in [0.717, 1.165) is 0 Å². The molecule has 0 unspecified atom stereocenters. The molecule has 4 N–H and O–H groups in total. The van der Waals surface area contributed by atoms with Gasteiger partial charge < -0.3 is 20.1 Å². The van der Waals surface area contributed by atoms with Gasteiger partial charge in [-0.2, -0.15) is 0 Å². The van der Waals surface area contributed by atoms with Gasteiger partial charge in [0.25, 0.3) is 0 Å². The Hall–Kier alpha value is -1.55. The molecule has 0 fully saturated rings. The highest BCUT2D eigenvalue weighted by Gasteiger charge is 2.55. The second-order valence-electron chi connectivity index (χ2n) is 10.9. The average molecular weight is 451 g/mol. The predicted octanol–water partition coefficient (Wildman–Crippen LogP) is 3.06. The molecule has 9 heteroatoms. The van der Waals surface area contributed by atoms with Gasteiger partial charge in [-0.15, -0.1) is 0 Å². The van der Waals surface area contributed by atoms with Crippen molar-refractivity contribution in [1.29, 1.82) is 0 Å². The van der Waals surface area contributed by atoms with Crippen LogP contribution in [0.1, 0.15) is 83.1 Å². The van der Waals surface area contributed by atoms with Crippen LogP contribution in [0.2, 0.25) is 0 Å². The Labute approximate surface area is 185 Å². The van der Waals surface area contributed by atoms with Crippen molar-refractivity contribution in [3.63, 3.8) is 0 Å². The van der Waals surface area contributed by atoms with Gasteiger partial charge in [0.2, 0.25) is 5.78 Å². The summed E-state index contributed by atoms with van der Waals surface area (Å²) in [6.07, 6.45) is 0. The summed E-state index contributed by atoms with van der Waals surface area (Å²) in [5, 5.41) is 35.8. The number of hydrogen-bond acceptors (Lipinski definition) is 8. The first kappa shape index (κ1) is 31.6. The molecule has 31 heavy (non-hydrogen) atoms. The summed E-state index contributed by atoms with van der Waals surface area (Å²) in [5.41, 5.74) is -6.18. The van der Waals surface area contributed by atoms with Crippen LogP contribution in [0.25, 0.3) is 0 Å². The second kappa shape index (κ2) is 9.94. The van der Waals surface area contributed by atoms with Crippen LogP contribution in [-0.2, 0) is 24.0 Å². The quantitative estimate of drug-likeness (QED) is 0.180. The molecule has 0 spiro atoms. The van der Waals surface area contributed by atoms with Gasteiger partial charge in [-0.3, -0.25) is 10.1 Å². The van der Waals surface area contributed by atoms with Crippen LogP contribution in [0.15, 0.2) is 0 Å². The molecule has 0 bridgehead atoms. The molecule has 9 nitrogen and oxygen atoms in total. The van der Waals surface area contributed by atoms with E-state index in [-0.39, 0.29) is 0 Å². The molecular formula is C22H42O9. The van der Waals surface area contributed by atoms with Crippen molar-refractivity contribution in [1.82, 2.24) is 0 Å². The van der Waals surface area contributed by atoms with Gasteiger partial charge in [0.05, 0.1) is 11.2 Å². The van der Waals surface area contributed by atoms with E-state index in [1.807, 2.05) is 0 Å². The third-order valence-electron chi connectivity index (χ3n) is 7.42. The molecule has 0 saturated heterocycles. The zero-order valence-corrected chi connectivity index (χ0v) is 21.0. The Kier molecular flexibility index (Phi) is 10.1. The third-order valence-corrected chi connectivity index (χ3v) is 7.42. The van der Waals surface area contributed by atoms with Crippen LogP contribution >= 0.6 is 0 Å². The third kappa shape index (κ3) is 7.24. The van der Waals surface area contributed by atoms with E-state index in [1.54, 1.807) is 83.1 Å². The second-order valence-corrected chi connectivity index (χ2v) is 10.9. The number of carbonyl (C=O) groups is 3. The van der Waals surface area contributed by atoms with E-state index in [0.29, 0.717) is 0 Å². The highest BCUT2D eigenvalue weighted by molar-refractivity contribution is 6.35. The molecule has 0 amide bonds. The zero-order valence-electron chi connectivity index (χ0n) is 21.0. The van der Waals surface area contributed by atoms with Crippen LogP contribution in [0.3, 0.4) is 0 Å². The Balaban J connectivity index is 0. The van der Waals surface area contributed by atoms with Crippen LogP contribution in [0, 0.1) is 16.2 Å². The number of aliphatic carboxylic acids is 1. The van der Waals surface area contributed by atoms with Gasteiger partial charge in [-0.05, 0) is 41.5 Å². The zero-order chi connectivity index (χ0) is 25.9. The molecular weight excluding hydrogens is 408 g/mol. The van der Waals surface area contributed by atoms with E-state index in [2.05, 4.69) is 4.89 Å². The first-order valence-corrected chi connectivity index (χ1v) is 10.0. The molecule has 0 heterocycles. The number of ether oxygens (including phenoxy) is 1. The van der Waals surface area contributed by atoms with Crippen molar-refractivity contribution in [3.05, 3.63) is 0 Å². The van der Waals surface area contributed by atoms with Crippen LogP contribution in [0.4, 0.5) is 0 Å². The van der Waals surface area contributed by atoms with E-state index < -0.39 is 57.4 Å². The Bertz CT molecular complexity index is 645. The van der Waals surface area contributed by atoms with Gasteiger partial charge in [-0.1, -0.05) is 41.5 Å². The molecule has 0 aromatic rings. The molecule has 0 aromatic heterocycles. The van der Waals surface area contributed by atoms with Crippen molar-refractivity contribution in [3.8, 4) is 0 Å². The van der Waals surface area contributed by atoms with E-state index >= 15 is 0 Å². The summed E-state index contributed by atoms with van der Waals surface area (Å²) in [7, 11) is 0. The lowest BCUT2D eigenvalue weighted by Crippen LogP contribution is -2.58. The van der Waals surface area contributed by atoms with Crippen molar-refractivity contribution >= 4 is 17.7 Å². The number of carbonyl (C=O) groups excluding carboxylic acids is 2. The van der Waals surface area contributed by atoms with Gasteiger partial charge in [0, 0.05) is 16.2 Å². The fourth-order valence-electron chi connectivity index (χ4n) is 2.50. The SMILES string of the molecule is CC(C)(O)C(C)(C)C(C)(C)OC(=O)C(=O)C(C)(C)C(C)(C)C(C)(C)O.O=C(O)COO. The maximum absolute atomic E-state index is 12.9. The highest BCUT2D eigenvalue weighted by atomic mass is 17.1. The van der Waals surface area contributed by atoms with Gasteiger partial charge in [0.15, 0.2) is 6.61 Å². The van der Waals surface area contributed by atoms with E-state index in [4.69, 9.17) is 15.1 Å². The molecule has 184 valence electrons. The minimum atomic E-state index is -1.18. The van der Waals surface area contributed by atoms with Crippen LogP contribution in [-0.4, -0.2) is 61.7 Å². The maximum Gasteiger partial charge on any atom is 0.375 e. The number of carboxylic acids is 1. The molecule has 0 aliphatic carbocycles. The lowest BCUT2D eigenvalue weighted by Gasteiger charge is -2.50. The van der Waals surface area contributed by atoms with Crippen molar-refractivity contribution in [2.24, 2.45) is 16.2 Å². The van der Waals surface area contributed by atoms with Crippen LogP contribution < -0.4 is 0 Å². The van der Waals surface area contributed by atoms with Gasteiger partial charge in [0.1, 0.15) is 5.60 Å². The number of aliphatic hydroxyl groups is 2. The number of esters is 1. The molecule has 0 rings (SSSR count). The number of hydrogen-bond donors (Lipinski definition) is 4. The molecule has 0 aromatic carbocycles. The highest BCUT2D eigenvalue weighted by Crippen LogP contribution is 2.48. The first-order chi connectivity index (χ1) is 13.3. The largest absolute Gasteiger partial charge is 0.479 e. The maximum atomic E-state index is 12.9. The summed E-state index contributed by atoms with van der Waals surface area (Å²) in [6.45, 7) is 19.6. The van der Waals surface area contributed by atoms with Gasteiger partial charge in [-0.25, -0.2) is 14.5 Å². The summed E-state index contributed by atoms with van der Waals surface area (Å²) in [4.78, 5) is 38.0. The molecule has 0 atom stereocenters. The molecule has 0 aliphatic heterocycles. The molecule has 0 radical (unpaired) electrons. The van der Waals surface area contributed by atoms with Crippen molar-refractivity contribution in [2.75, 3.05) is 6.61 Å². The smallest absolute Gasteiger partial charge is 0.375 e. The Morgan fingerprint density at radius 3 is 1.29 bits per heavy atom. The standard InChI is InChI=1S/C20H38O5.C2H4O4/c1-15(2,16(3,4)18(7,8)23)13(21)14(22)25-20(11,12)17(5,6)19(9,10)24;3-2(4)1-6-5/h23-24H,1-12H3;5H,1H2,(H,3,4). The summed E-state index contributed by atoms with van der Waals surface area (Å²) < 4.78 is 5.56. The van der Waals surface area contributed by atoms with Crippen molar-refractivity contribution < 1.29 is 44.6 Å². The number of Topliss-reactive ketones (excluding diaryl/α,β-unsaturated/α-hetero) is 1. The summed E-state index contributed by atoms with van der Waals surface area (Å²) >= 11 is 0. The summed E-state index contributed by atoms with van der Waals surface area (Å²) in [6, 6.07) is 0. The van der Waals surface area contributed by atoms with Gasteiger partial charge >= 0.3 is 11.9 Å². The Morgan fingerprint density at radius 1 is 0.710 bits per heavy atom. The van der Waals surface area contributed by atoms with E-state index in [1.165, 1.54) is 0 Å². The normalized spacial score (nSPS) is 13.8. The predicted molar refractivity (Wildman–Crippen MR) is 115 cm³/mol. The fourth-order valence-corrected chi connectivity index (χ4v) is 2.50. The lowest BCUT2D eigenvalue weighted by atomic mass is 9.58. The first-order valence-electron chi connectivity index (χ1n) is 10.0.